The van der Waals surface area contributed by atoms with Crippen molar-refractivity contribution in [3.05, 3.63) is 35.9 Å². The second-order valence-electron chi connectivity index (χ2n) is 5.05. The molecule has 94 valence electrons. The number of nitrogens with zero attached hydrogens (tertiary/aromatic N) is 1. The second-order valence-corrected chi connectivity index (χ2v) is 5.05. The molecule has 0 radical (unpaired) electrons. The fourth-order valence-corrected chi connectivity index (χ4v) is 3.38. The van der Waals surface area contributed by atoms with Gasteiger partial charge in [-0.2, -0.15) is 5.26 Å². The van der Waals surface area contributed by atoms with Gasteiger partial charge in [0.05, 0.1) is 32.4 Å². The molecule has 0 bridgehead atoms. The highest BCUT2D eigenvalue weighted by Crippen LogP contribution is 2.30. The highest BCUT2D eigenvalue weighted by Gasteiger charge is 2.55. The molecule has 2 aliphatic heterocycles. The van der Waals surface area contributed by atoms with E-state index < -0.39 is 6.69 Å². The molecule has 0 amide bonds. The van der Waals surface area contributed by atoms with Crippen molar-refractivity contribution < 1.29 is 14.1 Å². The highest BCUT2D eigenvalue weighted by molar-refractivity contribution is 6.61. The van der Waals surface area contributed by atoms with E-state index in [1.807, 2.05) is 18.2 Å². The minimum Gasteiger partial charge on any atom is -0.509 e. The summed E-state index contributed by atoms with van der Waals surface area (Å²) in [4.78, 5) is 1.39. The summed E-state index contributed by atoms with van der Waals surface area (Å²) in [6.45, 7) is 2.09. The van der Waals surface area contributed by atoms with Gasteiger partial charge in [0.1, 0.15) is 0 Å². The van der Waals surface area contributed by atoms with Crippen molar-refractivity contribution >= 4 is 6.69 Å². The SMILES string of the molecule is N#CCC(c1ccccc1)[B-]12OCC[NH+]1CCO2. The average molecular weight is 244 g/mol. The zero-order chi connectivity index (χ0) is 12.4. The van der Waals surface area contributed by atoms with Crippen LogP contribution in [0.4, 0.5) is 0 Å². The van der Waals surface area contributed by atoms with Gasteiger partial charge in [0.25, 0.3) is 0 Å². The lowest BCUT2D eigenvalue weighted by Crippen LogP contribution is -3.20. The van der Waals surface area contributed by atoms with Gasteiger partial charge < -0.3 is 14.1 Å². The number of nitriles is 1. The number of hydrogen-bond donors (Lipinski definition) is 1. The third kappa shape index (κ3) is 1.74. The Morgan fingerprint density at radius 1 is 1.22 bits per heavy atom. The summed E-state index contributed by atoms with van der Waals surface area (Å²) >= 11 is 0. The Kier molecular flexibility index (Phi) is 3.08. The van der Waals surface area contributed by atoms with E-state index in [4.69, 9.17) is 14.6 Å². The third-order valence-corrected chi connectivity index (χ3v) is 4.21. The van der Waals surface area contributed by atoms with Gasteiger partial charge in [0, 0.05) is 6.42 Å². The smallest absolute Gasteiger partial charge is 0.479 e. The van der Waals surface area contributed by atoms with E-state index in [1.165, 1.54) is 4.81 Å². The maximum Gasteiger partial charge on any atom is 0.479 e. The molecule has 2 heterocycles. The molecule has 2 aliphatic rings. The summed E-state index contributed by atoms with van der Waals surface area (Å²) in [5, 5.41) is 9.11. The molecule has 2 saturated heterocycles. The van der Waals surface area contributed by atoms with Crippen molar-refractivity contribution in [2.45, 2.75) is 12.2 Å². The van der Waals surface area contributed by atoms with Gasteiger partial charge in [-0.1, -0.05) is 35.9 Å². The van der Waals surface area contributed by atoms with Crippen LogP contribution in [0.1, 0.15) is 17.8 Å². The zero-order valence-electron chi connectivity index (χ0n) is 10.3. The van der Waals surface area contributed by atoms with Crippen LogP contribution < -0.4 is 4.81 Å². The Hall–Kier alpha value is -1.35. The Bertz CT molecular complexity index is 450. The first-order valence-electron chi connectivity index (χ1n) is 6.56. The average Bonchev–Trinajstić information content (AvgIpc) is 2.96. The highest BCUT2D eigenvalue weighted by atomic mass is 16.6. The summed E-state index contributed by atoms with van der Waals surface area (Å²) < 4.78 is 12.0. The summed E-state index contributed by atoms with van der Waals surface area (Å²) in [7, 11) is 0. The lowest BCUT2D eigenvalue weighted by atomic mass is 9.54. The number of rotatable bonds is 3. The van der Waals surface area contributed by atoms with Gasteiger partial charge in [-0.05, 0) is 5.82 Å². The molecule has 5 heteroatoms. The maximum atomic E-state index is 9.11. The summed E-state index contributed by atoms with van der Waals surface area (Å²) in [5.74, 6) is 0.0520. The van der Waals surface area contributed by atoms with Crippen LogP contribution in [0.3, 0.4) is 0 Å². The van der Waals surface area contributed by atoms with Crippen LogP contribution in [0.15, 0.2) is 30.3 Å². The largest absolute Gasteiger partial charge is 0.509 e. The van der Waals surface area contributed by atoms with Crippen molar-refractivity contribution in [2.24, 2.45) is 0 Å². The molecule has 1 aromatic rings. The van der Waals surface area contributed by atoms with Crippen LogP contribution in [0.2, 0.25) is 0 Å². The quantitative estimate of drug-likeness (QED) is 0.767. The fraction of sp³-hybridized carbons (Fsp3) is 0.462. The Morgan fingerprint density at radius 3 is 2.50 bits per heavy atom. The van der Waals surface area contributed by atoms with Crippen LogP contribution in [0.5, 0.6) is 0 Å². The molecule has 1 unspecified atom stereocenters. The van der Waals surface area contributed by atoms with Crippen LogP contribution in [-0.4, -0.2) is 33.0 Å². The normalized spacial score (nSPS) is 31.8. The van der Waals surface area contributed by atoms with E-state index in [0.717, 1.165) is 31.9 Å². The van der Waals surface area contributed by atoms with E-state index in [9.17, 15) is 0 Å². The molecule has 0 spiro atoms. The molecular formula is C13H17BN2O2. The van der Waals surface area contributed by atoms with Crippen LogP contribution >= 0.6 is 0 Å². The van der Waals surface area contributed by atoms with E-state index in [-0.39, 0.29) is 5.82 Å². The first kappa shape index (κ1) is 11.7. The molecule has 1 atom stereocenters. The minimum atomic E-state index is -1.38. The summed E-state index contributed by atoms with van der Waals surface area (Å²) in [6.07, 6.45) is 0.452. The van der Waals surface area contributed by atoms with Crippen LogP contribution in [0.25, 0.3) is 0 Å². The van der Waals surface area contributed by atoms with Gasteiger partial charge in [-0.25, -0.2) is 0 Å². The van der Waals surface area contributed by atoms with E-state index >= 15 is 0 Å². The molecular weight excluding hydrogens is 227 g/mol. The standard InChI is InChI=1S/C13H17BN2O2/c15-7-6-13(12-4-2-1-3-5-12)14-16(8-10-17-14)9-11-18-14/h1-5,13,16H,6,8-11H2. The van der Waals surface area contributed by atoms with Gasteiger partial charge in [-0.3, -0.25) is 0 Å². The molecule has 0 aromatic heterocycles. The van der Waals surface area contributed by atoms with Crippen LogP contribution in [-0.2, 0) is 9.31 Å². The molecule has 3 rings (SSSR count). The Labute approximate surface area is 107 Å². The number of hydrogen-bond acceptors (Lipinski definition) is 3. The van der Waals surface area contributed by atoms with Gasteiger partial charge in [0.15, 0.2) is 0 Å². The lowest BCUT2D eigenvalue weighted by molar-refractivity contribution is -0.785. The molecule has 0 saturated carbocycles. The molecule has 2 fully saturated rings. The number of quaternary nitrogens is 1. The number of fused-ring (bicyclic) bond motifs is 1. The van der Waals surface area contributed by atoms with Crippen molar-refractivity contribution in [3.63, 3.8) is 0 Å². The van der Waals surface area contributed by atoms with Crippen molar-refractivity contribution in [3.8, 4) is 6.07 Å². The Morgan fingerprint density at radius 2 is 1.89 bits per heavy atom. The summed E-state index contributed by atoms with van der Waals surface area (Å²) in [5.41, 5.74) is 1.15. The summed E-state index contributed by atoms with van der Waals surface area (Å²) in [6, 6.07) is 12.4. The van der Waals surface area contributed by atoms with Gasteiger partial charge >= 0.3 is 6.69 Å². The van der Waals surface area contributed by atoms with E-state index in [1.54, 1.807) is 0 Å². The molecule has 1 N–H and O–H groups in total. The van der Waals surface area contributed by atoms with Gasteiger partial charge in [0.2, 0.25) is 0 Å². The number of nitrogens with one attached hydrogen (secondary N) is 1. The predicted octanol–water partition coefficient (Wildman–Crippen LogP) is 0.107. The van der Waals surface area contributed by atoms with E-state index in [0.29, 0.717) is 6.42 Å². The fourth-order valence-electron chi connectivity index (χ4n) is 3.38. The third-order valence-electron chi connectivity index (χ3n) is 4.21. The monoisotopic (exact) mass is 244 g/mol. The first-order chi connectivity index (χ1) is 8.87. The zero-order valence-corrected chi connectivity index (χ0v) is 10.3. The molecule has 0 aliphatic carbocycles. The lowest BCUT2D eigenvalue weighted by Gasteiger charge is -2.37. The maximum absolute atomic E-state index is 9.11. The van der Waals surface area contributed by atoms with Gasteiger partial charge in [-0.15, -0.1) is 0 Å². The second kappa shape index (κ2) is 4.73. The van der Waals surface area contributed by atoms with E-state index in [2.05, 4.69) is 18.2 Å². The molecule has 18 heavy (non-hydrogen) atoms. The van der Waals surface area contributed by atoms with Crippen molar-refractivity contribution in [2.75, 3.05) is 26.3 Å². The number of benzene rings is 1. The Balaban J connectivity index is 1.97. The van der Waals surface area contributed by atoms with Crippen molar-refractivity contribution in [1.29, 1.82) is 5.26 Å². The van der Waals surface area contributed by atoms with Crippen molar-refractivity contribution in [1.82, 2.24) is 0 Å². The topological polar surface area (TPSA) is 46.7 Å². The first-order valence-corrected chi connectivity index (χ1v) is 6.56. The molecule has 1 aromatic carbocycles. The predicted molar refractivity (Wildman–Crippen MR) is 67.8 cm³/mol. The van der Waals surface area contributed by atoms with Crippen LogP contribution in [0, 0.1) is 11.3 Å². The molecule has 4 nitrogen and oxygen atoms in total. The minimum absolute atomic E-state index is 0.0520.